The molecule has 0 bridgehead atoms. The number of hydrogen-bond acceptors (Lipinski definition) is 5. The molecule has 0 spiro atoms. The quantitative estimate of drug-likeness (QED) is 0.830. The summed E-state index contributed by atoms with van der Waals surface area (Å²) < 4.78 is 51.5. The van der Waals surface area contributed by atoms with Crippen molar-refractivity contribution < 1.29 is 21.9 Å². The van der Waals surface area contributed by atoms with Gasteiger partial charge in [-0.05, 0) is 36.2 Å². The smallest absolute Gasteiger partial charge is 0.264 e. The van der Waals surface area contributed by atoms with Crippen molar-refractivity contribution in [1.29, 1.82) is 0 Å². The van der Waals surface area contributed by atoms with Gasteiger partial charge in [0, 0.05) is 0 Å². The van der Waals surface area contributed by atoms with E-state index in [0.29, 0.717) is 5.69 Å². The molecule has 0 unspecified atom stereocenters. The van der Waals surface area contributed by atoms with Crippen LogP contribution in [0.15, 0.2) is 59.5 Å². The highest BCUT2D eigenvalue weighted by molar-refractivity contribution is 7.93. The van der Waals surface area contributed by atoms with Crippen LogP contribution in [0.1, 0.15) is 12.5 Å². The van der Waals surface area contributed by atoms with E-state index in [9.17, 15) is 21.9 Å². The monoisotopic (exact) mass is 395 g/mol. The number of rotatable bonds is 5. The Bertz CT molecular complexity index is 970. The van der Waals surface area contributed by atoms with E-state index in [2.05, 4.69) is 0 Å². The Kier molecular flexibility index (Phi) is 5.09. The lowest BCUT2D eigenvalue weighted by Crippen LogP contribution is -2.47. The molecular formula is C18H21NO5S2. The van der Waals surface area contributed by atoms with Crippen molar-refractivity contribution in [2.45, 2.75) is 30.4 Å². The van der Waals surface area contributed by atoms with Gasteiger partial charge in [0.1, 0.15) is 0 Å². The summed E-state index contributed by atoms with van der Waals surface area (Å²) in [6, 6.07) is 13.7. The van der Waals surface area contributed by atoms with Crippen LogP contribution in [0, 0.1) is 0 Å². The largest absolute Gasteiger partial charge is 0.390 e. The van der Waals surface area contributed by atoms with Crippen LogP contribution in [0.25, 0.3) is 0 Å². The fourth-order valence-corrected chi connectivity index (χ4v) is 6.67. The maximum absolute atomic E-state index is 13.3. The van der Waals surface area contributed by atoms with E-state index >= 15 is 0 Å². The second-order valence-electron chi connectivity index (χ2n) is 6.35. The molecule has 0 amide bonds. The van der Waals surface area contributed by atoms with Crippen LogP contribution in [0.5, 0.6) is 0 Å². The van der Waals surface area contributed by atoms with Gasteiger partial charge < -0.3 is 5.11 Å². The van der Waals surface area contributed by atoms with E-state index in [0.717, 1.165) is 16.3 Å². The fourth-order valence-electron chi connectivity index (χ4n) is 3.13. The summed E-state index contributed by atoms with van der Waals surface area (Å²) in [6.07, 6.45) is -0.493. The van der Waals surface area contributed by atoms with Gasteiger partial charge in [0.2, 0.25) is 0 Å². The Labute approximate surface area is 154 Å². The number of aryl methyl sites for hydroxylation is 1. The molecule has 1 N–H and O–H groups in total. The summed E-state index contributed by atoms with van der Waals surface area (Å²) in [5.74, 6) is -0.847. The second-order valence-corrected chi connectivity index (χ2v) is 10.3. The lowest BCUT2D eigenvalue weighted by atomic mass is 10.2. The summed E-state index contributed by atoms with van der Waals surface area (Å²) in [7, 11) is -7.54. The van der Waals surface area contributed by atoms with E-state index in [-0.39, 0.29) is 4.90 Å². The molecule has 0 saturated carbocycles. The molecule has 2 atom stereocenters. The average molecular weight is 396 g/mol. The van der Waals surface area contributed by atoms with Crippen molar-refractivity contribution in [3.05, 3.63) is 60.2 Å². The number of nitrogens with zero attached hydrogens (tertiary/aromatic N) is 1. The molecule has 2 aromatic rings. The minimum Gasteiger partial charge on any atom is -0.390 e. The number of para-hydroxylation sites is 1. The molecule has 1 fully saturated rings. The van der Waals surface area contributed by atoms with Crippen LogP contribution in [-0.4, -0.2) is 45.6 Å². The first-order chi connectivity index (χ1) is 12.2. The Morgan fingerprint density at radius 2 is 1.65 bits per heavy atom. The first-order valence-electron chi connectivity index (χ1n) is 8.31. The van der Waals surface area contributed by atoms with Gasteiger partial charge in [0.25, 0.3) is 10.0 Å². The average Bonchev–Trinajstić information content (AvgIpc) is 2.88. The Hall–Kier alpha value is -1.90. The predicted octanol–water partition coefficient (Wildman–Crippen LogP) is 1.60. The summed E-state index contributed by atoms with van der Waals surface area (Å²) in [5.41, 5.74) is 1.33. The summed E-state index contributed by atoms with van der Waals surface area (Å²) >= 11 is 0. The lowest BCUT2D eigenvalue weighted by molar-refractivity contribution is 0.184. The highest BCUT2D eigenvalue weighted by Gasteiger charge is 2.44. The number of sulfonamides is 1. The zero-order chi connectivity index (χ0) is 18.9. The van der Waals surface area contributed by atoms with Gasteiger partial charge in [-0.1, -0.05) is 37.3 Å². The van der Waals surface area contributed by atoms with Crippen molar-refractivity contribution in [2.24, 2.45) is 0 Å². The van der Waals surface area contributed by atoms with Crippen molar-refractivity contribution in [1.82, 2.24) is 0 Å². The molecule has 0 aliphatic carbocycles. The summed E-state index contributed by atoms with van der Waals surface area (Å²) in [4.78, 5) is 0.0649. The molecule has 1 heterocycles. The number of benzene rings is 2. The van der Waals surface area contributed by atoms with E-state index < -0.39 is 43.5 Å². The number of aliphatic hydroxyl groups excluding tert-OH is 1. The van der Waals surface area contributed by atoms with Crippen molar-refractivity contribution in [3.8, 4) is 0 Å². The minimum atomic E-state index is -4.04. The van der Waals surface area contributed by atoms with Gasteiger partial charge in [-0.3, -0.25) is 4.31 Å². The first-order valence-corrected chi connectivity index (χ1v) is 11.6. The standard InChI is InChI=1S/C18H21NO5S2/c1-2-14-8-10-16(11-9-14)26(23,24)19(15-6-4-3-5-7-15)17-12-25(21,22)13-18(17)20/h3-11,17-18,20H,2,12-13H2,1H3/t17-,18-/m1/s1. The molecule has 1 saturated heterocycles. The summed E-state index contributed by atoms with van der Waals surface area (Å²) in [5, 5.41) is 10.3. The minimum absolute atomic E-state index is 0.0649. The van der Waals surface area contributed by atoms with E-state index in [1.807, 2.05) is 6.92 Å². The number of hydrogen-bond donors (Lipinski definition) is 1. The van der Waals surface area contributed by atoms with Gasteiger partial charge in [0.15, 0.2) is 9.84 Å². The van der Waals surface area contributed by atoms with Crippen LogP contribution in [0.2, 0.25) is 0 Å². The molecule has 2 aromatic carbocycles. The second kappa shape index (κ2) is 7.02. The van der Waals surface area contributed by atoms with Crippen LogP contribution in [-0.2, 0) is 26.3 Å². The Balaban J connectivity index is 2.11. The number of anilines is 1. The van der Waals surface area contributed by atoms with Crippen molar-refractivity contribution in [2.75, 3.05) is 15.8 Å². The maximum Gasteiger partial charge on any atom is 0.264 e. The van der Waals surface area contributed by atoms with Gasteiger partial charge in [-0.15, -0.1) is 0 Å². The SMILES string of the molecule is CCc1ccc(S(=O)(=O)N(c2ccccc2)[C@@H]2CS(=O)(=O)C[C@H]2O)cc1. The zero-order valence-electron chi connectivity index (χ0n) is 14.3. The molecule has 0 radical (unpaired) electrons. The molecule has 1 aliphatic heterocycles. The normalized spacial score (nSPS) is 22.2. The number of aliphatic hydroxyl groups is 1. The molecule has 0 aromatic heterocycles. The lowest BCUT2D eigenvalue weighted by Gasteiger charge is -2.31. The molecule has 8 heteroatoms. The zero-order valence-corrected chi connectivity index (χ0v) is 15.9. The first kappa shape index (κ1) is 18.9. The summed E-state index contributed by atoms with van der Waals surface area (Å²) in [6.45, 7) is 1.97. The Morgan fingerprint density at radius 1 is 1.04 bits per heavy atom. The molecule has 140 valence electrons. The topological polar surface area (TPSA) is 91.8 Å². The predicted molar refractivity (Wildman–Crippen MR) is 100 cm³/mol. The van der Waals surface area contributed by atoms with Crippen molar-refractivity contribution in [3.63, 3.8) is 0 Å². The Morgan fingerprint density at radius 3 is 2.15 bits per heavy atom. The molecular weight excluding hydrogens is 374 g/mol. The van der Waals surface area contributed by atoms with Crippen LogP contribution in [0.4, 0.5) is 5.69 Å². The highest BCUT2D eigenvalue weighted by atomic mass is 32.2. The molecule has 6 nitrogen and oxygen atoms in total. The molecule has 3 rings (SSSR count). The number of sulfone groups is 1. The third kappa shape index (κ3) is 3.62. The van der Waals surface area contributed by atoms with E-state index in [1.165, 1.54) is 12.1 Å². The molecule has 1 aliphatic rings. The third-order valence-corrected chi connectivity index (χ3v) is 8.06. The van der Waals surface area contributed by atoms with Gasteiger partial charge in [-0.25, -0.2) is 16.8 Å². The molecule has 26 heavy (non-hydrogen) atoms. The van der Waals surface area contributed by atoms with Gasteiger partial charge >= 0.3 is 0 Å². The van der Waals surface area contributed by atoms with Crippen LogP contribution < -0.4 is 4.31 Å². The van der Waals surface area contributed by atoms with E-state index in [1.54, 1.807) is 42.5 Å². The van der Waals surface area contributed by atoms with Crippen LogP contribution in [0.3, 0.4) is 0 Å². The van der Waals surface area contributed by atoms with Gasteiger partial charge in [0.05, 0.1) is 34.2 Å². The highest BCUT2D eigenvalue weighted by Crippen LogP contribution is 2.31. The van der Waals surface area contributed by atoms with Crippen LogP contribution >= 0.6 is 0 Å². The maximum atomic E-state index is 13.3. The van der Waals surface area contributed by atoms with Gasteiger partial charge in [-0.2, -0.15) is 0 Å². The van der Waals surface area contributed by atoms with E-state index in [4.69, 9.17) is 0 Å². The fraction of sp³-hybridized carbons (Fsp3) is 0.333. The van der Waals surface area contributed by atoms with Crippen molar-refractivity contribution >= 4 is 25.5 Å². The third-order valence-electron chi connectivity index (χ3n) is 4.49.